The van der Waals surface area contributed by atoms with Crippen molar-refractivity contribution in [2.75, 3.05) is 4.90 Å². The number of fused-ring (bicyclic) bond motifs is 12. The van der Waals surface area contributed by atoms with Gasteiger partial charge in [0.05, 0.1) is 28.5 Å². The van der Waals surface area contributed by atoms with Crippen molar-refractivity contribution in [3.8, 4) is 0 Å². The number of para-hydroxylation sites is 4. The highest BCUT2D eigenvalue weighted by molar-refractivity contribution is 6.14. The van der Waals surface area contributed by atoms with Crippen LogP contribution in [0.25, 0.3) is 60.4 Å². The van der Waals surface area contributed by atoms with E-state index >= 15 is 0 Å². The van der Waals surface area contributed by atoms with E-state index in [1.807, 2.05) is 0 Å². The van der Waals surface area contributed by atoms with Crippen molar-refractivity contribution in [3.63, 3.8) is 0 Å². The summed E-state index contributed by atoms with van der Waals surface area (Å²) in [5, 5.41) is 5.85. The Morgan fingerprint density at radius 2 is 1.30 bits per heavy atom. The molecule has 11 rings (SSSR count). The molecule has 2 unspecified atom stereocenters. The van der Waals surface area contributed by atoms with Gasteiger partial charge in [0.1, 0.15) is 11.2 Å². The molecule has 0 amide bonds. The average molecular weight is 593 g/mol. The topological polar surface area (TPSA) is 34.5 Å². The van der Waals surface area contributed by atoms with E-state index in [-0.39, 0.29) is 6.04 Å². The maximum Gasteiger partial charge on any atom is 0.159 e. The van der Waals surface area contributed by atoms with E-state index in [9.17, 15) is 0 Å². The molecule has 5 aromatic carbocycles. The van der Waals surface area contributed by atoms with Gasteiger partial charge in [0, 0.05) is 44.1 Å². The predicted octanol–water partition coefficient (Wildman–Crippen LogP) is 11.0. The van der Waals surface area contributed by atoms with Gasteiger partial charge in [-0.25, -0.2) is 0 Å². The molecule has 8 aromatic rings. The Bertz CT molecular complexity index is 2620. The largest absolute Gasteiger partial charge is 0.454 e. The number of aryl methyl sites for hydroxylation is 1. The number of nitrogens with zero attached hydrogens (tertiary/aromatic N) is 2. The first-order chi connectivity index (χ1) is 22.8. The van der Waals surface area contributed by atoms with Crippen LogP contribution in [-0.4, -0.2) is 10.6 Å². The molecule has 0 bridgehead atoms. The number of anilines is 2. The van der Waals surface area contributed by atoms with Crippen molar-refractivity contribution in [2.24, 2.45) is 0 Å². The minimum Gasteiger partial charge on any atom is -0.454 e. The first-order valence-electron chi connectivity index (χ1n) is 16.2. The monoisotopic (exact) mass is 592 g/mol. The smallest absolute Gasteiger partial charge is 0.159 e. The molecule has 2 atom stereocenters. The lowest BCUT2D eigenvalue weighted by Crippen LogP contribution is -2.28. The Hall–Kier alpha value is -5.74. The number of rotatable bonds is 2. The number of hydrogen-bond donors (Lipinski definition) is 0. The van der Waals surface area contributed by atoms with Crippen LogP contribution >= 0.6 is 0 Å². The van der Waals surface area contributed by atoms with Gasteiger partial charge in [-0.1, -0.05) is 97.1 Å². The van der Waals surface area contributed by atoms with E-state index in [1.54, 1.807) is 0 Å². The summed E-state index contributed by atoms with van der Waals surface area (Å²) in [6, 6.07) is 37.3. The summed E-state index contributed by atoms with van der Waals surface area (Å²) in [7, 11) is 0. The summed E-state index contributed by atoms with van der Waals surface area (Å²) in [5.74, 6) is 1.29. The van der Waals surface area contributed by atoms with Crippen LogP contribution < -0.4 is 4.90 Å². The van der Waals surface area contributed by atoms with E-state index in [0.717, 1.165) is 62.9 Å². The SMILES string of the molecule is C1=CC2c3ccccc3N(c3cccc4c3oc3cc5c6c(oc5cc34)C(n3c4ccccc4c4ccccc43)=CCC6)C2C=C1. The zero-order chi connectivity index (χ0) is 29.9. The van der Waals surface area contributed by atoms with E-state index < -0.39 is 0 Å². The van der Waals surface area contributed by atoms with Gasteiger partial charge in [-0.15, -0.1) is 0 Å². The number of allylic oxidation sites excluding steroid dienone is 3. The molecule has 4 nitrogen and oxygen atoms in total. The van der Waals surface area contributed by atoms with Crippen molar-refractivity contribution in [3.05, 3.63) is 150 Å². The van der Waals surface area contributed by atoms with Crippen molar-refractivity contribution >= 4 is 71.8 Å². The summed E-state index contributed by atoms with van der Waals surface area (Å²) in [6.45, 7) is 0. The number of aromatic nitrogens is 1. The number of furan rings is 2. The van der Waals surface area contributed by atoms with Gasteiger partial charge in [-0.3, -0.25) is 0 Å². The zero-order valence-corrected chi connectivity index (χ0v) is 25.0. The Kier molecular flexibility index (Phi) is 4.76. The fourth-order valence-electron chi connectivity index (χ4n) is 8.46. The Balaban J connectivity index is 1.10. The summed E-state index contributed by atoms with van der Waals surface area (Å²) >= 11 is 0. The number of hydrogen-bond acceptors (Lipinski definition) is 3. The van der Waals surface area contributed by atoms with E-state index in [2.05, 4.69) is 143 Å². The van der Waals surface area contributed by atoms with E-state index in [4.69, 9.17) is 8.83 Å². The fourth-order valence-corrected chi connectivity index (χ4v) is 8.46. The van der Waals surface area contributed by atoms with Crippen LogP contribution in [0.1, 0.15) is 29.2 Å². The molecule has 0 spiro atoms. The van der Waals surface area contributed by atoms with Crippen LogP contribution in [0.2, 0.25) is 0 Å². The van der Waals surface area contributed by atoms with Crippen molar-refractivity contribution in [2.45, 2.75) is 24.8 Å². The summed E-state index contributed by atoms with van der Waals surface area (Å²) in [4.78, 5) is 2.46. The lowest BCUT2D eigenvalue weighted by atomic mass is 9.91. The molecule has 3 aliphatic rings. The molecule has 0 saturated carbocycles. The van der Waals surface area contributed by atoms with Crippen molar-refractivity contribution in [1.29, 1.82) is 0 Å². The maximum absolute atomic E-state index is 6.84. The predicted molar refractivity (Wildman–Crippen MR) is 188 cm³/mol. The third kappa shape index (κ3) is 3.13. The van der Waals surface area contributed by atoms with Crippen LogP contribution in [0.4, 0.5) is 11.4 Å². The first-order valence-corrected chi connectivity index (χ1v) is 16.2. The minimum absolute atomic E-state index is 0.218. The standard InChI is InChI=1S/C42H28N2O2/c1-5-17-33-25(11-1)26-12-2-6-18-34(26)43(33)37-21-9-15-29-31-23-40-32(24-39(31)45-41(29)37)30-16-10-22-38(42(30)46-40)44-35-19-7-3-13-27(35)28-14-4-8-20-36(28)44/h1-9,11-15,17-25,33H,10,16H2. The second-order valence-electron chi connectivity index (χ2n) is 12.7. The molecule has 218 valence electrons. The fraction of sp³-hybridized carbons (Fsp3) is 0.0952. The maximum atomic E-state index is 6.84. The molecule has 4 heteroatoms. The van der Waals surface area contributed by atoms with Crippen molar-refractivity contribution in [1.82, 2.24) is 4.57 Å². The van der Waals surface area contributed by atoms with Crippen LogP contribution in [0.3, 0.4) is 0 Å². The van der Waals surface area contributed by atoms with Crippen molar-refractivity contribution < 1.29 is 8.83 Å². The number of benzene rings is 5. The van der Waals surface area contributed by atoms with Gasteiger partial charge in [-0.2, -0.15) is 0 Å². The molecular formula is C42H28N2O2. The minimum atomic E-state index is 0.218. The molecule has 1 aliphatic heterocycles. The molecule has 0 radical (unpaired) electrons. The normalized spacial score (nSPS) is 18.6. The van der Waals surface area contributed by atoms with Crippen LogP contribution in [0, 0.1) is 0 Å². The molecule has 0 saturated heterocycles. The molecule has 0 N–H and O–H groups in total. The second-order valence-corrected chi connectivity index (χ2v) is 12.7. The second kappa shape index (κ2) is 8.92. The Labute approximate surface area is 264 Å². The van der Waals surface area contributed by atoms with Gasteiger partial charge in [0.2, 0.25) is 0 Å². The van der Waals surface area contributed by atoms with Crippen LogP contribution in [0.5, 0.6) is 0 Å². The van der Waals surface area contributed by atoms with Gasteiger partial charge < -0.3 is 18.3 Å². The third-order valence-electron chi connectivity index (χ3n) is 10.4. The highest BCUT2D eigenvalue weighted by Crippen LogP contribution is 2.50. The lowest BCUT2D eigenvalue weighted by molar-refractivity contribution is 0.585. The van der Waals surface area contributed by atoms with Gasteiger partial charge in [-0.05, 0) is 54.8 Å². The zero-order valence-electron chi connectivity index (χ0n) is 25.0. The quantitative estimate of drug-likeness (QED) is 0.200. The molecule has 2 aliphatic carbocycles. The molecule has 46 heavy (non-hydrogen) atoms. The highest BCUT2D eigenvalue weighted by atomic mass is 16.3. The highest BCUT2D eigenvalue weighted by Gasteiger charge is 2.38. The summed E-state index contributed by atoms with van der Waals surface area (Å²) in [6.07, 6.45) is 13.2. The average Bonchev–Trinajstić information content (AvgIpc) is 3.85. The van der Waals surface area contributed by atoms with Gasteiger partial charge >= 0.3 is 0 Å². The van der Waals surface area contributed by atoms with Crippen LogP contribution in [0.15, 0.2) is 142 Å². The Morgan fingerprint density at radius 3 is 2.17 bits per heavy atom. The molecule has 3 aromatic heterocycles. The molecular weight excluding hydrogens is 564 g/mol. The summed E-state index contributed by atoms with van der Waals surface area (Å²) in [5.41, 5.74) is 11.2. The van der Waals surface area contributed by atoms with E-state index in [0.29, 0.717) is 5.92 Å². The van der Waals surface area contributed by atoms with Gasteiger partial charge in [0.25, 0.3) is 0 Å². The van der Waals surface area contributed by atoms with E-state index in [1.165, 1.54) is 38.6 Å². The van der Waals surface area contributed by atoms with Crippen LogP contribution in [-0.2, 0) is 6.42 Å². The Morgan fingerprint density at radius 1 is 0.609 bits per heavy atom. The lowest BCUT2D eigenvalue weighted by Gasteiger charge is -2.28. The first kappa shape index (κ1) is 24.6. The van der Waals surface area contributed by atoms with Gasteiger partial charge in [0.15, 0.2) is 11.3 Å². The molecule has 4 heterocycles. The third-order valence-corrected chi connectivity index (χ3v) is 10.4. The summed E-state index contributed by atoms with van der Waals surface area (Å²) < 4.78 is 16.1. The molecule has 0 fully saturated rings.